The van der Waals surface area contributed by atoms with Gasteiger partial charge in [0, 0.05) is 24.7 Å². The van der Waals surface area contributed by atoms with E-state index in [1.165, 1.54) is 24.3 Å². The number of carbonyl (C=O) groups is 1. The number of nitrogens with one attached hydrogen (secondary N) is 1. The van der Waals surface area contributed by atoms with Crippen LogP contribution in [-0.4, -0.2) is 21.4 Å². The molecule has 0 bridgehead atoms. The lowest BCUT2D eigenvalue weighted by atomic mass is 10.2. The molecule has 7 heteroatoms. The van der Waals surface area contributed by atoms with Crippen molar-refractivity contribution in [3.63, 3.8) is 0 Å². The molecule has 1 N–H and O–H groups in total. The molecule has 0 aliphatic heterocycles. The Kier molecular flexibility index (Phi) is 4.97. The van der Waals surface area contributed by atoms with Gasteiger partial charge in [0.25, 0.3) is 10.0 Å². The van der Waals surface area contributed by atoms with Crippen LogP contribution in [-0.2, 0) is 14.8 Å². The third-order valence-corrected chi connectivity index (χ3v) is 5.54. The molecule has 2 aromatic carbocycles. The van der Waals surface area contributed by atoms with E-state index in [9.17, 15) is 13.2 Å². The normalized spacial score (nSPS) is 11.1. The highest BCUT2D eigenvalue weighted by molar-refractivity contribution is 7.92. The first-order valence-corrected chi connectivity index (χ1v) is 8.66. The maximum atomic E-state index is 12.7. The van der Waals surface area contributed by atoms with Gasteiger partial charge in [0.1, 0.15) is 0 Å². The van der Waals surface area contributed by atoms with E-state index >= 15 is 0 Å². The molecule has 23 heavy (non-hydrogen) atoms. The highest BCUT2D eigenvalue weighted by Crippen LogP contribution is 2.26. The van der Waals surface area contributed by atoms with Crippen LogP contribution < -0.4 is 9.62 Å². The van der Waals surface area contributed by atoms with Crippen molar-refractivity contribution in [3.05, 3.63) is 53.1 Å². The van der Waals surface area contributed by atoms with Gasteiger partial charge in [-0.1, -0.05) is 11.6 Å². The van der Waals surface area contributed by atoms with Crippen molar-refractivity contribution in [2.45, 2.75) is 18.7 Å². The number of carbonyl (C=O) groups excluding carboxylic acids is 1. The van der Waals surface area contributed by atoms with Crippen LogP contribution in [0.15, 0.2) is 47.4 Å². The summed E-state index contributed by atoms with van der Waals surface area (Å²) in [4.78, 5) is 11.2. The molecular weight excluding hydrogens is 336 g/mol. The Morgan fingerprint density at radius 1 is 1.13 bits per heavy atom. The van der Waals surface area contributed by atoms with Crippen LogP contribution >= 0.6 is 11.6 Å². The molecule has 2 rings (SSSR count). The number of rotatable bonds is 4. The van der Waals surface area contributed by atoms with E-state index in [1.807, 2.05) is 0 Å². The summed E-state index contributed by atoms with van der Waals surface area (Å²) < 4.78 is 26.5. The van der Waals surface area contributed by atoms with E-state index in [0.29, 0.717) is 22.0 Å². The van der Waals surface area contributed by atoms with Crippen molar-refractivity contribution in [1.29, 1.82) is 0 Å². The van der Waals surface area contributed by atoms with Gasteiger partial charge in [-0.15, -0.1) is 0 Å². The Morgan fingerprint density at radius 3 is 2.26 bits per heavy atom. The summed E-state index contributed by atoms with van der Waals surface area (Å²) in [5.74, 6) is -0.185. The lowest BCUT2D eigenvalue weighted by Crippen LogP contribution is -2.26. The molecule has 5 nitrogen and oxygen atoms in total. The number of hydrogen-bond acceptors (Lipinski definition) is 3. The molecule has 0 aliphatic rings. The fraction of sp³-hybridized carbons (Fsp3) is 0.188. The number of aryl methyl sites for hydroxylation is 1. The number of nitrogens with zero attached hydrogens (tertiary/aromatic N) is 1. The minimum absolute atomic E-state index is 0.174. The highest BCUT2D eigenvalue weighted by Gasteiger charge is 2.21. The van der Waals surface area contributed by atoms with E-state index < -0.39 is 10.0 Å². The summed E-state index contributed by atoms with van der Waals surface area (Å²) in [5.41, 5.74) is 1.79. The summed E-state index contributed by atoms with van der Waals surface area (Å²) in [6.45, 7) is 3.16. The molecule has 0 radical (unpaired) electrons. The number of anilines is 2. The van der Waals surface area contributed by atoms with Crippen LogP contribution in [0.1, 0.15) is 12.5 Å². The number of hydrogen-bond donors (Lipinski definition) is 1. The zero-order valence-electron chi connectivity index (χ0n) is 13.0. The summed E-state index contributed by atoms with van der Waals surface area (Å²) >= 11 is 5.94. The van der Waals surface area contributed by atoms with Crippen molar-refractivity contribution in [1.82, 2.24) is 0 Å². The van der Waals surface area contributed by atoms with Gasteiger partial charge in [0.2, 0.25) is 5.91 Å². The maximum Gasteiger partial charge on any atom is 0.264 e. The van der Waals surface area contributed by atoms with Crippen LogP contribution in [0.25, 0.3) is 0 Å². The first kappa shape index (κ1) is 17.3. The molecule has 0 saturated carbocycles. The molecule has 0 spiro atoms. The Labute approximate surface area is 140 Å². The van der Waals surface area contributed by atoms with Gasteiger partial charge >= 0.3 is 0 Å². The van der Waals surface area contributed by atoms with Crippen molar-refractivity contribution < 1.29 is 13.2 Å². The van der Waals surface area contributed by atoms with E-state index in [1.54, 1.807) is 43.3 Å². The topological polar surface area (TPSA) is 66.5 Å². The molecule has 2 aromatic rings. The second kappa shape index (κ2) is 6.60. The van der Waals surface area contributed by atoms with E-state index in [4.69, 9.17) is 11.6 Å². The van der Waals surface area contributed by atoms with Gasteiger partial charge in [0.05, 0.1) is 10.6 Å². The summed E-state index contributed by atoms with van der Waals surface area (Å²) in [6, 6.07) is 11.1. The average molecular weight is 353 g/mol. The van der Waals surface area contributed by atoms with Crippen LogP contribution in [0.4, 0.5) is 11.4 Å². The summed E-state index contributed by atoms with van der Waals surface area (Å²) in [5, 5.41) is 3.15. The van der Waals surface area contributed by atoms with Crippen LogP contribution in [0.3, 0.4) is 0 Å². The lowest BCUT2D eigenvalue weighted by Gasteiger charge is -2.20. The highest BCUT2D eigenvalue weighted by atomic mass is 35.5. The standard InChI is InChI=1S/C16H17ClN2O3S/c1-11-10-15(8-9-16(11)17)23(21,22)19(3)14-6-4-13(5-7-14)18-12(2)20/h4-10H,1-3H3,(H,18,20). The number of halogens is 1. The van der Waals surface area contributed by atoms with E-state index in [0.717, 1.165) is 0 Å². The second-order valence-electron chi connectivity index (χ2n) is 5.11. The molecule has 1 amide bonds. The minimum atomic E-state index is -3.68. The molecule has 0 aliphatic carbocycles. The Morgan fingerprint density at radius 2 is 1.74 bits per heavy atom. The predicted octanol–water partition coefficient (Wildman–Crippen LogP) is 3.43. The molecule has 0 unspecified atom stereocenters. The van der Waals surface area contributed by atoms with Crippen molar-refractivity contribution in [3.8, 4) is 0 Å². The average Bonchev–Trinajstić information content (AvgIpc) is 2.49. The Bertz CT molecular complexity index is 833. The monoisotopic (exact) mass is 352 g/mol. The first-order chi connectivity index (χ1) is 10.7. The van der Waals surface area contributed by atoms with E-state index in [2.05, 4.69) is 5.32 Å². The lowest BCUT2D eigenvalue weighted by molar-refractivity contribution is -0.114. The zero-order chi connectivity index (χ0) is 17.2. The van der Waals surface area contributed by atoms with E-state index in [-0.39, 0.29) is 10.8 Å². The number of amides is 1. The molecule has 122 valence electrons. The maximum absolute atomic E-state index is 12.7. The van der Waals surface area contributed by atoms with Crippen LogP contribution in [0, 0.1) is 6.92 Å². The summed E-state index contributed by atoms with van der Waals surface area (Å²) in [6.07, 6.45) is 0. The second-order valence-corrected chi connectivity index (χ2v) is 7.49. The third-order valence-electron chi connectivity index (χ3n) is 3.34. The van der Waals surface area contributed by atoms with Gasteiger partial charge in [-0.05, 0) is 55.0 Å². The molecule has 0 heterocycles. The van der Waals surface area contributed by atoms with Gasteiger partial charge in [0.15, 0.2) is 0 Å². The molecular formula is C16H17ClN2O3S. The molecule has 0 fully saturated rings. The molecule has 0 aromatic heterocycles. The fourth-order valence-corrected chi connectivity index (χ4v) is 3.43. The Balaban J connectivity index is 2.32. The smallest absolute Gasteiger partial charge is 0.264 e. The van der Waals surface area contributed by atoms with Gasteiger partial charge in [-0.25, -0.2) is 8.42 Å². The molecule has 0 saturated heterocycles. The number of benzene rings is 2. The minimum Gasteiger partial charge on any atom is -0.326 e. The molecule has 0 atom stereocenters. The Hall–Kier alpha value is -2.05. The van der Waals surface area contributed by atoms with Crippen molar-refractivity contribution in [2.75, 3.05) is 16.7 Å². The van der Waals surface area contributed by atoms with Crippen molar-refractivity contribution in [2.24, 2.45) is 0 Å². The fourth-order valence-electron chi connectivity index (χ4n) is 2.03. The first-order valence-electron chi connectivity index (χ1n) is 6.84. The van der Waals surface area contributed by atoms with Gasteiger partial charge in [-0.3, -0.25) is 9.10 Å². The quantitative estimate of drug-likeness (QED) is 0.916. The number of sulfonamides is 1. The zero-order valence-corrected chi connectivity index (χ0v) is 14.6. The van der Waals surface area contributed by atoms with Crippen molar-refractivity contribution >= 4 is 38.9 Å². The van der Waals surface area contributed by atoms with Gasteiger partial charge in [-0.2, -0.15) is 0 Å². The third kappa shape index (κ3) is 3.83. The SMILES string of the molecule is CC(=O)Nc1ccc(N(C)S(=O)(=O)c2ccc(Cl)c(C)c2)cc1. The summed E-state index contributed by atoms with van der Waals surface area (Å²) in [7, 11) is -2.20. The van der Waals surface area contributed by atoms with Gasteiger partial charge < -0.3 is 5.32 Å². The largest absolute Gasteiger partial charge is 0.326 e. The van der Waals surface area contributed by atoms with Crippen LogP contribution in [0.2, 0.25) is 5.02 Å². The predicted molar refractivity (Wildman–Crippen MR) is 92.5 cm³/mol. The van der Waals surface area contributed by atoms with Crippen LogP contribution in [0.5, 0.6) is 0 Å².